The predicted octanol–water partition coefficient (Wildman–Crippen LogP) is 0.768. The van der Waals surface area contributed by atoms with Gasteiger partial charge >= 0.3 is 0 Å². The van der Waals surface area contributed by atoms with Crippen molar-refractivity contribution in [3.63, 3.8) is 0 Å². The molecule has 0 aliphatic rings. The van der Waals surface area contributed by atoms with Gasteiger partial charge in [0.15, 0.2) is 0 Å². The van der Waals surface area contributed by atoms with Crippen molar-refractivity contribution in [1.82, 2.24) is 15.4 Å². The fourth-order valence-electron chi connectivity index (χ4n) is 1.25. The number of benzene rings is 1. The van der Waals surface area contributed by atoms with E-state index < -0.39 is 5.91 Å². The average Bonchev–Trinajstić information content (AvgIpc) is 2.35. The zero-order valence-electron chi connectivity index (χ0n) is 9.29. The number of aromatic nitrogens is 2. The average molecular weight is 238 g/mol. The second-order valence-electron chi connectivity index (χ2n) is 3.09. The molecule has 1 aromatic carbocycles. The van der Waals surface area contributed by atoms with Gasteiger partial charge in [-0.2, -0.15) is 0 Å². The van der Waals surface area contributed by atoms with E-state index in [1.54, 1.807) is 6.20 Å². The summed E-state index contributed by atoms with van der Waals surface area (Å²) < 4.78 is 0. The van der Waals surface area contributed by atoms with Crippen molar-refractivity contribution < 1.29 is 10.0 Å². The topological polar surface area (TPSA) is 75.1 Å². The molecule has 2 aromatic rings. The SMILES string of the molecule is O=C(C=Cc1cnc2ccccc2n1)NO.[Na]. The molecule has 1 radical (unpaired) electrons. The van der Waals surface area contributed by atoms with Gasteiger partial charge in [0, 0.05) is 35.6 Å². The summed E-state index contributed by atoms with van der Waals surface area (Å²) in [6.45, 7) is 0. The Morgan fingerprint density at radius 2 is 2.00 bits per heavy atom. The van der Waals surface area contributed by atoms with Gasteiger partial charge in [0.25, 0.3) is 5.91 Å². The minimum atomic E-state index is -0.602. The molecule has 0 aliphatic carbocycles. The minimum Gasteiger partial charge on any atom is -0.288 e. The zero-order chi connectivity index (χ0) is 11.4. The van der Waals surface area contributed by atoms with E-state index in [4.69, 9.17) is 5.21 Å². The molecule has 1 amide bonds. The molecule has 1 aromatic heterocycles. The van der Waals surface area contributed by atoms with Crippen LogP contribution in [-0.4, -0.2) is 50.6 Å². The number of carbonyl (C=O) groups excluding carboxylic acids is 1. The molecule has 5 nitrogen and oxygen atoms in total. The number of hydroxylamine groups is 1. The predicted molar refractivity (Wildman–Crippen MR) is 64.3 cm³/mol. The van der Waals surface area contributed by atoms with Gasteiger partial charge in [0.05, 0.1) is 22.9 Å². The smallest absolute Gasteiger partial charge is 0.267 e. The summed E-state index contributed by atoms with van der Waals surface area (Å²) in [6.07, 6.45) is 4.22. The molecule has 81 valence electrons. The number of rotatable bonds is 2. The molecule has 0 saturated heterocycles. The van der Waals surface area contributed by atoms with Crippen LogP contribution in [0.4, 0.5) is 0 Å². The minimum absolute atomic E-state index is 0. The molecule has 0 bridgehead atoms. The number of nitrogens with one attached hydrogen (secondary N) is 1. The van der Waals surface area contributed by atoms with Crippen LogP contribution in [-0.2, 0) is 4.79 Å². The van der Waals surface area contributed by atoms with E-state index in [-0.39, 0.29) is 29.6 Å². The van der Waals surface area contributed by atoms with Crippen molar-refractivity contribution in [1.29, 1.82) is 0 Å². The van der Waals surface area contributed by atoms with Crippen molar-refractivity contribution >= 4 is 52.6 Å². The molecular formula is C11H9N3NaO2. The van der Waals surface area contributed by atoms with Crippen molar-refractivity contribution in [3.8, 4) is 0 Å². The Balaban J connectivity index is 0.00000144. The summed E-state index contributed by atoms with van der Waals surface area (Å²) in [4.78, 5) is 19.2. The maximum absolute atomic E-state index is 10.8. The van der Waals surface area contributed by atoms with Gasteiger partial charge in [-0.05, 0) is 18.2 Å². The number of hydrogen-bond acceptors (Lipinski definition) is 4. The maximum Gasteiger partial charge on any atom is 0.267 e. The summed E-state index contributed by atoms with van der Waals surface area (Å²) in [5, 5.41) is 8.30. The molecule has 0 fully saturated rings. The third-order valence-corrected chi connectivity index (χ3v) is 1.98. The van der Waals surface area contributed by atoms with Gasteiger partial charge in [-0.3, -0.25) is 15.0 Å². The largest absolute Gasteiger partial charge is 0.288 e. The normalized spacial score (nSPS) is 10.2. The first-order valence-corrected chi connectivity index (χ1v) is 4.63. The Morgan fingerprint density at radius 3 is 2.71 bits per heavy atom. The number of hydrogen-bond donors (Lipinski definition) is 2. The Kier molecular flexibility index (Phi) is 5.24. The van der Waals surface area contributed by atoms with E-state index in [9.17, 15) is 4.79 Å². The molecule has 0 spiro atoms. The Bertz CT molecular complexity index is 557. The van der Waals surface area contributed by atoms with Crippen LogP contribution in [0.25, 0.3) is 17.1 Å². The van der Waals surface area contributed by atoms with Crippen molar-refractivity contribution in [2.75, 3.05) is 0 Å². The quantitative estimate of drug-likeness (QED) is 0.350. The maximum atomic E-state index is 10.8. The fraction of sp³-hybridized carbons (Fsp3) is 0. The first-order chi connectivity index (χ1) is 7.79. The molecule has 1 heterocycles. The van der Waals surface area contributed by atoms with Crippen LogP contribution in [0.3, 0.4) is 0 Å². The summed E-state index contributed by atoms with van der Waals surface area (Å²) in [7, 11) is 0. The van der Waals surface area contributed by atoms with Gasteiger partial charge in [-0.25, -0.2) is 10.5 Å². The summed E-state index contributed by atoms with van der Waals surface area (Å²) in [6, 6.07) is 7.44. The van der Waals surface area contributed by atoms with Gasteiger partial charge in [0.1, 0.15) is 0 Å². The monoisotopic (exact) mass is 238 g/mol. The van der Waals surface area contributed by atoms with Crippen LogP contribution in [0.15, 0.2) is 36.5 Å². The standard InChI is InChI=1S/C11H9N3O2.Na/c15-11(14-16)6-5-8-7-12-9-3-1-2-4-10(9)13-8;/h1-7,16H,(H,14,15);. The first-order valence-electron chi connectivity index (χ1n) is 4.63. The number of para-hydroxylation sites is 2. The Labute approximate surface area is 120 Å². The Morgan fingerprint density at radius 1 is 1.29 bits per heavy atom. The molecule has 17 heavy (non-hydrogen) atoms. The van der Waals surface area contributed by atoms with Gasteiger partial charge in [-0.1, -0.05) is 12.1 Å². The van der Waals surface area contributed by atoms with Crippen LogP contribution in [0.5, 0.6) is 0 Å². The molecule has 0 saturated carbocycles. The van der Waals surface area contributed by atoms with Gasteiger partial charge in [0.2, 0.25) is 0 Å². The second kappa shape index (κ2) is 6.46. The van der Waals surface area contributed by atoms with Crippen LogP contribution < -0.4 is 5.48 Å². The summed E-state index contributed by atoms with van der Waals surface area (Å²) in [5.41, 5.74) is 3.61. The van der Waals surface area contributed by atoms with Gasteiger partial charge in [-0.15, -0.1) is 0 Å². The molecule has 0 aliphatic heterocycles. The fourth-order valence-corrected chi connectivity index (χ4v) is 1.25. The molecule has 6 heteroatoms. The third-order valence-electron chi connectivity index (χ3n) is 1.98. The number of carbonyl (C=O) groups is 1. The number of amides is 1. The molecule has 2 rings (SSSR count). The number of nitrogens with zero attached hydrogens (tertiary/aromatic N) is 2. The van der Waals surface area contributed by atoms with E-state index in [0.717, 1.165) is 11.0 Å². The van der Waals surface area contributed by atoms with Crippen molar-refractivity contribution in [2.45, 2.75) is 0 Å². The first kappa shape index (κ1) is 13.8. The van der Waals surface area contributed by atoms with Crippen LogP contribution in [0.2, 0.25) is 0 Å². The van der Waals surface area contributed by atoms with Crippen LogP contribution in [0.1, 0.15) is 5.69 Å². The molecule has 2 N–H and O–H groups in total. The van der Waals surface area contributed by atoms with Crippen molar-refractivity contribution in [2.24, 2.45) is 0 Å². The summed E-state index contributed by atoms with van der Waals surface area (Å²) in [5.74, 6) is -0.602. The second-order valence-corrected chi connectivity index (χ2v) is 3.09. The molecule has 0 unspecified atom stereocenters. The van der Waals surface area contributed by atoms with Gasteiger partial charge < -0.3 is 0 Å². The van der Waals surface area contributed by atoms with Crippen LogP contribution >= 0.6 is 0 Å². The van der Waals surface area contributed by atoms with E-state index in [1.165, 1.54) is 17.6 Å². The zero-order valence-corrected chi connectivity index (χ0v) is 11.3. The Hall–Kier alpha value is -1.27. The van der Waals surface area contributed by atoms with E-state index in [0.29, 0.717) is 5.69 Å². The van der Waals surface area contributed by atoms with E-state index >= 15 is 0 Å². The van der Waals surface area contributed by atoms with Crippen molar-refractivity contribution in [3.05, 3.63) is 42.2 Å². The molecule has 0 atom stereocenters. The number of fused-ring (bicyclic) bond motifs is 1. The third kappa shape index (κ3) is 3.61. The van der Waals surface area contributed by atoms with E-state index in [1.807, 2.05) is 24.3 Å². The molecular weight excluding hydrogens is 229 g/mol. The van der Waals surface area contributed by atoms with Crippen LogP contribution in [0, 0.1) is 0 Å². The van der Waals surface area contributed by atoms with E-state index in [2.05, 4.69) is 9.97 Å². The summed E-state index contributed by atoms with van der Waals surface area (Å²) >= 11 is 0.